The Bertz CT molecular complexity index is 199. The van der Waals surface area contributed by atoms with Crippen LogP contribution < -0.4 is 0 Å². The fraction of sp³-hybridized carbons (Fsp3) is 0.818. The Hall–Kier alpha value is -0.480. The first-order chi connectivity index (χ1) is 5.90. The lowest BCUT2D eigenvalue weighted by molar-refractivity contribution is 0.349. The average Bonchev–Trinajstić information content (AvgIpc) is 2.58. The molecule has 12 heavy (non-hydrogen) atoms. The van der Waals surface area contributed by atoms with Crippen LogP contribution in [0.5, 0.6) is 0 Å². The van der Waals surface area contributed by atoms with E-state index in [-0.39, 0.29) is 0 Å². The Morgan fingerprint density at radius 3 is 2.50 bits per heavy atom. The summed E-state index contributed by atoms with van der Waals surface area (Å²) in [5, 5.41) is 0. The molecule has 1 heterocycles. The predicted molar refractivity (Wildman–Crippen MR) is 50.7 cm³/mol. The van der Waals surface area contributed by atoms with Gasteiger partial charge < -0.3 is 0 Å². The zero-order chi connectivity index (χ0) is 8.39. The fourth-order valence-electron chi connectivity index (χ4n) is 2.65. The molecule has 1 aliphatic carbocycles. The number of hydrogen-bond acceptors (Lipinski definition) is 1. The summed E-state index contributed by atoms with van der Waals surface area (Å²) in [4.78, 5) is 2.52. The van der Waals surface area contributed by atoms with E-state index in [0.29, 0.717) is 0 Å². The van der Waals surface area contributed by atoms with Gasteiger partial charge in [0.25, 0.3) is 0 Å². The average molecular weight is 163 g/mol. The Kier molecular flexibility index (Phi) is 2.37. The van der Waals surface area contributed by atoms with Gasteiger partial charge in [0, 0.05) is 13.1 Å². The highest BCUT2D eigenvalue weighted by atomic mass is 15.1. The van der Waals surface area contributed by atoms with Crippen LogP contribution in [0, 0.1) is 23.7 Å². The monoisotopic (exact) mass is 163 g/mol. The second kappa shape index (κ2) is 3.49. The summed E-state index contributed by atoms with van der Waals surface area (Å²) in [5.74, 6) is 8.16. The summed E-state index contributed by atoms with van der Waals surface area (Å²) in [6, 6.07) is 0. The van der Waals surface area contributed by atoms with Gasteiger partial charge >= 0.3 is 0 Å². The highest BCUT2D eigenvalue weighted by Crippen LogP contribution is 2.37. The summed E-state index contributed by atoms with van der Waals surface area (Å²) in [5.41, 5.74) is 0. The maximum Gasteiger partial charge on any atom is 0.0601 e. The van der Waals surface area contributed by atoms with E-state index >= 15 is 0 Å². The minimum Gasteiger partial charge on any atom is -0.292 e. The van der Waals surface area contributed by atoms with Crippen LogP contribution >= 0.6 is 0 Å². The van der Waals surface area contributed by atoms with E-state index in [0.717, 1.165) is 18.4 Å². The highest BCUT2D eigenvalue weighted by Gasteiger charge is 2.35. The number of fused-ring (bicyclic) bond motifs is 1. The van der Waals surface area contributed by atoms with Crippen LogP contribution in [0.1, 0.15) is 26.2 Å². The molecule has 0 aromatic carbocycles. The highest BCUT2D eigenvalue weighted by molar-refractivity contribution is 5.00. The summed E-state index contributed by atoms with van der Waals surface area (Å²) in [7, 11) is 0. The molecule has 1 heteroatoms. The van der Waals surface area contributed by atoms with Crippen LogP contribution in [0.25, 0.3) is 0 Å². The Morgan fingerprint density at radius 1 is 1.25 bits per heavy atom. The van der Waals surface area contributed by atoms with Gasteiger partial charge in [0.1, 0.15) is 0 Å². The molecule has 0 aromatic heterocycles. The van der Waals surface area contributed by atoms with Crippen molar-refractivity contribution in [2.45, 2.75) is 26.2 Å². The van der Waals surface area contributed by atoms with Crippen molar-refractivity contribution in [3.8, 4) is 11.8 Å². The van der Waals surface area contributed by atoms with E-state index in [4.69, 9.17) is 0 Å². The molecule has 1 nitrogen and oxygen atoms in total. The molecule has 2 fully saturated rings. The molecule has 0 spiro atoms. The lowest BCUT2D eigenvalue weighted by atomic mass is 10.0. The normalized spacial score (nSPS) is 34.4. The third kappa shape index (κ3) is 1.49. The summed E-state index contributed by atoms with van der Waals surface area (Å²) in [6.07, 6.45) is 4.42. The van der Waals surface area contributed by atoms with E-state index in [2.05, 4.69) is 16.7 Å². The smallest absolute Gasteiger partial charge is 0.0601 e. The number of likely N-dealkylation sites (tertiary alicyclic amines) is 1. The third-order valence-electron chi connectivity index (χ3n) is 3.28. The lowest BCUT2D eigenvalue weighted by Gasteiger charge is -2.11. The van der Waals surface area contributed by atoms with E-state index in [9.17, 15) is 0 Å². The van der Waals surface area contributed by atoms with Crippen molar-refractivity contribution in [2.24, 2.45) is 11.8 Å². The summed E-state index contributed by atoms with van der Waals surface area (Å²) >= 11 is 0. The molecule has 0 radical (unpaired) electrons. The summed E-state index contributed by atoms with van der Waals surface area (Å²) < 4.78 is 0. The molecule has 0 N–H and O–H groups in total. The van der Waals surface area contributed by atoms with Crippen LogP contribution in [-0.2, 0) is 0 Å². The van der Waals surface area contributed by atoms with Crippen molar-refractivity contribution in [2.75, 3.05) is 19.6 Å². The predicted octanol–water partition coefficient (Wildman–Crippen LogP) is 1.74. The number of nitrogens with zero attached hydrogens (tertiary/aromatic N) is 1. The molecule has 2 atom stereocenters. The van der Waals surface area contributed by atoms with Gasteiger partial charge in [0.15, 0.2) is 0 Å². The molecule has 0 bridgehead atoms. The zero-order valence-electron chi connectivity index (χ0n) is 7.84. The van der Waals surface area contributed by atoms with Crippen molar-refractivity contribution < 1.29 is 0 Å². The standard InChI is InChI=1S/C11H17N/c1-2-3-7-12-8-10-5-4-6-11(10)9-12/h10-11H,4-9H2,1H3. The second-order valence-electron chi connectivity index (χ2n) is 4.07. The molecule has 1 saturated carbocycles. The van der Waals surface area contributed by atoms with Gasteiger partial charge in [0.05, 0.1) is 6.54 Å². The molecule has 2 aliphatic rings. The maximum absolute atomic E-state index is 3.16. The van der Waals surface area contributed by atoms with Crippen molar-refractivity contribution in [1.82, 2.24) is 4.90 Å². The molecule has 1 aliphatic heterocycles. The summed E-state index contributed by atoms with van der Waals surface area (Å²) in [6.45, 7) is 5.57. The lowest BCUT2D eigenvalue weighted by Crippen LogP contribution is -2.21. The Morgan fingerprint density at radius 2 is 1.92 bits per heavy atom. The van der Waals surface area contributed by atoms with E-state index in [1.54, 1.807) is 0 Å². The van der Waals surface area contributed by atoms with Crippen molar-refractivity contribution in [1.29, 1.82) is 0 Å². The molecule has 2 unspecified atom stereocenters. The van der Waals surface area contributed by atoms with Gasteiger partial charge in [-0.1, -0.05) is 12.3 Å². The Labute approximate surface area is 75.1 Å². The zero-order valence-corrected chi connectivity index (χ0v) is 7.84. The maximum atomic E-state index is 3.16. The van der Waals surface area contributed by atoms with Crippen molar-refractivity contribution >= 4 is 0 Å². The number of hydrogen-bond donors (Lipinski definition) is 0. The molecule has 0 amide bonds. The Balaban J connectivity index is 1.85. The van der Waals surface area contributed by atoms with E-state index in [1.165, 1.54) is 32.4 Å². The van der Waals surface area contributed by atoms with E-state index < -0.39 is 0 Å². The minimum absolute atomic E-state index is 1.00. The second-order valence-corrected chi connectivity index (χ2v) is 4.07. The van der Waals surface area contributed by atoms with Crippen molar-refractivity contribution in [3.05, 3.63) is 0 Å². The first-order valence-corrected chi connectivity index (χ1v) is 5.02. The molecule has 66 valence electrons. The van der Waals surface area contributed by atoms with Crippen molar-refractivity contribution in [3.63, 3.8) is 0 Å². The van der Waals surface area contributed by atoms with Crippen LogP contribution in [0.2, 0.25) is 0 Å². The first kappa shape index (κ1) is 8.13. The van der Waals surface area contributed by atoms with Crippen LogP contribution in [-0.4, -0.2) is 24.5 Å². The molecule has 0 aromatic rings. The van der Waals surface area contributed by atoms with E-state index in [1.807, 2.05) is 6.92 Å². The van der Waals surface area contributed by atoms with Gasteiger partial charge in [-0.05, 0) is 31.6 Å². The SMILES string of the molecule is CC#CCN1CC2CCCC2C1. The van der Waals surface area contributed by atoms with Gasteiger partial charge in [0.2, 0.25) is 0 Å². The van der Waals surface area contributed by atoms with Crippen LogP contribution in [0.3, 0.4) is 0 Å². The topological polar surface area (TPSA) is 3.24 Å². The fourth-order valence-corrected chi connectivity index (χ4v) is 2.65. The first-order valence-electron chi connectivity index (χ1n) is 5.02. The van der Waals surface area contributed by atoms with Gasteiger partial charge in [-0.2, -0.15) is 0 Å². The largest absolute Gasteiger partial charge is 0.292 e. The van der Waals surface area contributed by atoms with Gasteiger partial charge in [-0.3, -0.25) is 4.90 Å². The third-order valence-corrected chi connectivity index (χ3v) is 3.28. The molecular formula is C11H17N. The van der Waals surface area contributed by atoms with Gasteiger partial charge in [-0.25, -0.2) is 0 Å². The van der Waals surface area contributed by atoms with Gasteiger partial charge in [-0.15, -0.1) is 5.92 Å². The van der Waals surface area contributed by atoms with Crippen LogP contribution in [0.4, 0.5) is 0 Å². The van der Waals surface area contributed by atoms with Crippen LogP contribution in [0.15, 0.2) is 0 Å². The molecule has 1 saturated heterocycles. The quantitative estimate of drug-likeness (QED) is 0.532. The number of rotatable bonds is 1. The molecular weight excluding hydrogens is 146 g/mol. The molecule has 2 rings (SSSR count). The minimum atomic E-state index is 1.00.